The lowest BCUT2D eigenvalue weighted by molar-refractivity contribution is 0.102. The summed E-state index contributed by atoms with van der Waals surface area (Å²) >= 11 is 0. The molecule has 2 nitrogen and oxygen atoms in total. The number of aryl methyl sites for hydroxylation is 2. The number of carbonyl (C=O) groups is 1. The average molecular weight is 285 g/mol. The molecule has 0 atom stereocenters. The van der Waals surface area contributed by atoms with Gasteiger partial charge in [0.25, 0.3) is 5.91 Å². The zero-order chi connectivity index (χ0) is 15.6. The molecule has 0 saturated heterocycles. The Bertz CT molecular complexity index is 677. The van der Waals surface area contributed by atoms with E-state index in [0.29, 0.717) is 11.6 Å². The Morgan fingerprint density at radius 3 is 2.43 bits per heavy atom. The lowest BCUT2D eigenvalue weighted by atomic mass is 9.97. The first kappa shape index (κ1) is 15.2. The molecular formula is C18H20FNO. The molecule has 0 saturated carbocycles. The van der Waals surface area contributed by atoms with Crippen LogP contribution in [0.25, 0.3) is 0 Å². The first-order chi connectivity index (χ1) is 9.88. The highest BCUT2D eigenvalue weighted by Crippen LogP contribution is 2.23. The third kappa shape index (κ3) is 3.48. The zero-order valence-corrected chi connectivity index (χ0v) is 12.8. The van der Waals surface area contributed by atoms with Crippen LogP contribution in [-0.4, -0.2) is 5.91 Å². The quantitative estimate of drug-likeness (QED) is 0.860. The Morgan fingerprint density at radius 1 is 1.10 bits per heavy atom. The van der Waals surface area contributed by atoms with Gasteiger partial charge in [-0.3, -0.25) is 4.79 Å². The van der Waals surface area contributed by atoms with E-state index in [2.05, 4.69) is 19.2 Å². The minimum Gasteiger partial charge on any atom is -0.322 e. The summed E-state index contributed by atoms with van der Waals surface area (Å²) < 4.78 is 13.7. The summed E-state index contributed by atoms with van der Waals surface area (Å²) in [6, 6.07) is 10.3. The van der Waals surface area contributed by atoms with Gasteiger partial charge in [-0.15, -0.1) is 0 Å². The van der Waals surface area contributed by atoms with Crippen molar-refractivity contribution in [3.8, 4) is 0 Å². The molecule has 0 aliphatic carbocycles. The van der Waals surface area contributed by atoms with Crippen molar-refractivity contribution in [2.24, 2.45) is 0 Å². The zero-order valence-electron chi connectivity index (χ0n) is 12.8. The molecular weight excluding hydrogens is 265 g/mol. The molecule has 0 bridgehead atoms. The molecule has 2 aromatic carbocycles. The predicted molar refractivity (Wildman–Crippen MR) is 84.4 cm³/mol. The largest absolute Gasteiger partial charge is 0.322 e. The molecule has 0 fully saturated rings. The number of hydrogen-bond donors (Lipinski definition) is 1. The molecule has 110 valence electrons. The molecule has 1 amide bonds. The van der Waals surface area contributed by atoms with Crippen molar-refractivity contribution in [3.63, 3.8) is 0 Å². The lowest BCUT2D eigenvalue weighted by Gasteiger charge is -2.12. The summed E-state index contributed by atoms with van der Waals surface area (Å²) in [6.45, 7) is 8.10. The van der Waals surface area contributed by atoms with Crippen LogP contribution in [0.3, 0.4) is 0 Å². The van der Waals surface area contributed by atoms with Gasteiger partial charge in [0.05, 0.1) is 5.56 Å². The van der Waals surface area contributed by atoms with Gasteiger partial charge in [0.15, 0.2) is 0 Å². The molecule has 0 heterocycles. The van der Waals surface area contributed by atoms with Crippen LogP contribution in [0, 0.1) is 19.7 Å². The van der Waals surface area contributed by atoms with Crippen LogP contribution >= 0.6 is 0 Å². The van der Waals surface area contributed by atoms with Crippen molar-refractivity contribution in [2.45, 2.75) is 33.6 Å². The SMILES string of the molecule is Cc1ccc(F)c(C(=O)Nc2ccc(C(C)C)c(C)c2)c1. The molecule has 2 rings (SSSR count). The van der Waals surface area contributed by atoms with Gasteiger partial charge in [-0.25, -0.2) is 4.39 Å². The topological polar surface area (TPSA) is 29.1 Å². The summed E-state index contributed by atoms with van der Waals surface area (Å²) in [5.41, 5.74) is 3.97. The van der Waals surface area contributed by atoms with Crippen LogP contribution in [0.15, 0.2) is 36.4 Å². The Kier molecular flexibility index (Phi) is 4.41. The Balaban J connectivity index is 2.24. The monoisotopic (exact) mass is 285 g/mol. The van der Waals surface area contributed by atoms with Gasteiger partial charge in [0.2, 0.25) is 0 Å². The van der Waals surface area contributed by atoms with E-state index >= 15 is 0 Å². The number of benzene rings is 2. The van der Waals surface area contributed by atoms with Gasteiger partial charge in [0, 0.05) is 5.69 Å². The van der Waals surface area contributed by atoms with Crippen LogP contribution in [0.1, 0.15) is 46.8 Å². The number of nitrogens with one attached hydrogen (secondary N) is 1. The van der Waals surface area contributed by atoms with Gasteiger partial charge in [-0.05, 0) is 55.2 Å². The van der Waals surface area contributed by atoms with Gasteiger partial charge in [-0.2, -0.15) is 0 Å². The first-order valence-electron chi connectivity index (χ1n) is 7.06. The fourth-order valence-corrected chi connectivity index (χ4v) is 2.41. The van der Waals surface area contributed by atoms with Gasteiger partial charge >= 0.3 is 0 Å². The minimum atomic E-state index is -0.506. The third-order valence-corrected chi connectivity index (χ3v) is 3.52. The van der Waals surface area contributed by atoms with E-state index in [4.69, 9.17) is 0 Å². The van der Waals surface area contributed by atoms with E-state index in [0.717, 1.165) is 11.1 Å². The predicted octanol–water partition coefficient (Wildman–Crippen LogP) is 4.82. The second-order valence-corrected chi connectivity index (χ2v) is 5.66. The number of amides is 1. The maximum absolute atomic E-state index is 13.7. The highest BCUT2D eigenvalue weighted by atomic mass is 19.1. The Morgan fingerprint density at radius 2 is 1.81 bits per heavy atom. The van der Waals surface area contributed by atoms with Crippen LogP contribution in [0.2, 0.25) is 0 Å². The Hall–Kier alpha value is -2.16. The van der Waals surface area contributed by atoms with Crippen molar-refractivity contribution < 1.29 is 9.18 Å². The molecule has 1 N–H and O–H groups in total. The second kappa shape index (κ2) is 6.08. The highest BCUT2D eigenvalue weighted by molar-refractivity contribution is 6.04. The normalized spacial score (nSPS) is 10.8. The van der Waals surface area contributed by atoms with E-state index in [1.807, 2.05) is 32.0 Å². The standard InChI is InChI=1S/C18H20FNO/c1-11(2)15-7-6-14(10-13(15)4)20-18(21)16-9-12(3)5-8-17(16)19/h5-11H,1-4H3,(H,20,21). The van der Waals surface area contributed by atoms with Gasteiger partial charge in [0.1, 0.15) is 5.82 Å². The van der Waals surface area contributed by atoms with E-state index < -0.39 is 11.7 Å². The van der Waals surface area contributed by atoms with E-state index in [-0.39, 0.29) is 5.56 Å². The summed E-state index contributed by atoms with van der Waals surface area (Å²) in [6.07, 6.45) is 0. The van der Waals surface area contributed by atoms with E-state index in [9.17, 15) is 9.18 Å². The number of halogens is 1. The molecule has 0 spiro atoms. The summed E-state index contributed by atoms with van der Waals surface area (Å²) in [5.74, 6) is -0.495. The highest BCUT2D eigenvalue weighted by Gasteiger charge is 2.13. The van der Waals surface area contributed by atoms with Crippen molar-refractivity contribution >= 4 is 11.6 Å². The maximum atomic E-state index is 13.7. The maximum Gasteiger partial charge on any atom is 0.258 e. The first-order valence-corrected chi connectivity index (χ1v) is 7.06. The van der Waals surface area contributed by atoms with Crippen LogP contribution in [-0.2, 0) is 0 Å². The second-order valence-electron chi connectivity index (χ2n) is 5.66. The van der Waals surface area contributed by atoms with Crippen molar-refractivity contribution in [3.05, 3.63) is 64.5 Å². The fraction of sp³-hybridized carbons (Fsp3) is 0.278. The lowest BCUT2D eigenvalue weighted by Crippen LogP contribution is -2.14. The third-order valence-electron chi connectivity index (χ3n) is 3.52. The minimum absolute atomic E-state index is 0.0700. The molecule has 0 aliphatic rings. The number of carbonyl (C=O) groups excluding carboxylic acids is 1. The molecule has 3 heteroatoms. The van der Waals surface area contributed by atoms with E-state index in [1.165, 1.54) is 11.6 Å². The van der Waals surface area contributed by atoms with Crippen molar-refractivity contribution in [1.29, 1.82) is 0 Å². The fourth-order valence-electron chi connectivity index (χ4n) is 2.41. The smallest absolute Gasteiger partial charge is 0.258 e. The molecule has 2 aromatic rings. The van der Waals surface area contributed by atoms with Crippen molar-refractivity contribution in [1.82, 2.24) is 0 Å². The number of rotatable bonds is 3. The Labute approximate surface area is 125 Å². The molecule has 0 unspecified atom stereocenters. The summed E-state index contributed by atoms with van der Waals surface area (Å²) in [4.78, 5) is 12.2. The number of hydrogen-bond acceptors (Lipinski definition) is 1. The molecule has 0 aromatic heterocycles. The molecule has 21 heavy (non-hydrogen) atoms. The molecule has 0 aliphatic heterocycles. The summed E-state index contributed by atoms with van der Waals surface area (Å²) in [5, 5.41) is 2.75. The van der Waals surface area contributed by atoms with Crippen LogP contribution in [0.4, 0.5) is 10.1 Å². The van der Waals surface area contributed by atoms with E-state index in [1.54, 1.807) is 12.1 Å². The van der Waals surface area contributed by atoms with Gasteiger partial charge in [-0.1, -0.05) is 31.5 Å². The van der Waals surface area contributed by atoms with Gasteiger partial charge < -0.3 is 5.32 Å². The summed E-state index contributed by atoms with van der Waals surface area (Å²) in [7, 11) is 0. The number of anilines is 1. The molecule has 0 radical (unpaired) electrons. The van der Waals surface area contributed by atoms with Crippen molar-refractivity contribution in [2.75, 3.05) is 5.32 Å². The van der Waals surface area contributed by atoms with Crippen LogP contribution < -0.4 is 5.32 Å². The average Bonchev–Trinajstić information content (AvgIpc) is 2.41. The van der Waals surface area contributed by atoms with Crippen LogP contribution in [0.5, 0.6) is 0 Å².